The first-order valence-corrected chi connectivity index (χ1v) is 6.98. The number of hydrogen-bond acceptors (Lipinski definition) is 1. The molecule has 0 spiro atoms. The molecule has 0 bridgehead atoms. The van der Waals surface area contributed by atoms with Gasteiger partial charge in [-0.25, -0.2) is 4.39 Å². The predicted molar refractivity (Wildman–Crippen MR) is 61.8 cm³/mol. The molecule has 0 saturated heterocycles. The molecule has 0 saturated carbocycles. The Kier molecular flexibility index (Phi) is 7.40. The van der Waals surface area contributed by atoms with Gasteiger partial charge in [0.25, 0.3) is 6.17 Å². The second-order valence-corrected chi connectivity index (χ2v) is 5.77. The van der Waals surface area contributed by atoms with E-state index in [-0.39, 0.29) is 0 Å². The molecule has 0 fully saturated rings. The molecular formula is C12H4F20O. The Bertz CT molecular complexity index is 717. The topological polar surface area (TPSA) is 9.23 Å². The molecule has 0 aliphatic heterocycles. The molecule has 0 aromatic carbocycles. The van der Waals surface area contributed by atoms with Crippen LogP contribution in [-0.4, -0.2) is 59.9 Å². The summed E-state index contributed by atoms with van der Waals surface area (Å²) in [6.45, 7) is 2.04. The maximum absolute atomic E-state index is 13.3. The maximum atomic E-state index is 13.3. The summed E-state index contributed by atoms with van der Waals surface area (Å²) in [5.74, 6) is -60.2. The van der Waals surface area contributed by atoms with Crippen molar-refractivity contribution in [1.29, 1.82) is 0 Å². The Morgan fingerprint density at radius 2 is 0.758 bits per heavy atom. The Morgan fingerprint density at radius 1 is 0.485 bits per heavy atom. The van der Waals surface area contributed by atoms with E-state index in [1.165, 1.54) is 0 Å². The van der Waals surface area contributed by atoms with Crippen LogP contribution in [0.25, 0.3) is 0 Å². The van der Waals surface area contributed by atoms with Crippen molar-refractivity contribution < 1.29 is 92.5 Å². The molecule has 0 amide bonds. The fourth-order valence-corrected chi connectivity index (χ4v) is 1.72. The highest BCUT2D eigenvalue weighted by atomic mass is 19.4. The van der Waals surface area contributed by atoms with Gasteiger partial charge in [0.15, 0.2) is 0 Å². The van der Waals surface area contributed by atoms with Crippen molar-refractivity contribution in [1.82, 2.24) is 0 Å². The van der Waals surface area contributed by atoms with Crippen LogP contribution in [0, 0.1) is 0 Å². The normalized spacial score (nSPS) is 17.1. The highest BCUT2D eigenvalue weighted by molar-refractivity contribution is 5.16. The lowest BCUT2D eigenvalue weighted by atomic mass is 9.87. The van der Waals surface area contributed by atoms with E-state index >= 15 is 0 Å². The van der Waals surface area contributed by atoms with Gasteiger partial charge in [0.2, 0.25) is 0 Å². The summed E-state index contributed by atoms with van der Waals surface area (Å²) in [6, 6.07) is 0. The van der Waals surface area contributed by atoms with Crippen molar-refractivity contribution in [3.05, 3.63) is 12.8 Å². The molecule has 1 unspecified atom stereocenters. The second kappa shape index (κ2) is 7.84. The summed E-state index contributed by atoms with van der Waals surface area (Å²) in [5.41, 5.74) is 0. The van der Waals surface area contributed by atoms with Crippen LogP contribution in [0.2, 0.25) is 0 Å². The van der Waals surface area contributed by atoms with Gasteiger partial charge in [-0.1, -0.05) is 6.58 Å². The molecule has 0 aromatic rings. The molecule has 0 radical (unpaired) electrons. The van der Waals surface area contributed by atoms with E-state index in [2.05, 4.69) is 4.74 Å². The summed E-state index contributed by atoms with van der Waals surface area (Å²) in [7, 11) is 0. The van der Waals surface area contributed by atoms with Gasteiger partial charge in [-0.05, 0) is 0 Å². The predicted octanol–water partition coefficient (Wildman–Crippen LogP) is 7.09. The molecule has 0 aliphatic carbocycles. The first-order valence-electron chi connectivity index (χ1n) is 6.98. The fraction of sp³-hybridized carbons (Fsp3) is 0.833. The van der Waals surface area contributed by atoms with E-state index in [1.807, 2.05) is 6.58 Å². The van der Waals surface area contributed by atoms with Crippen molar-refractivity contribution in [2.24, 2.45) is 0 Å². The van der Waals surface area contributed by atoms with Crippen LogP contribution in [0.1, 0.15) is 0 Å². The van der Waals surface area contributed by atoms with Gasteiger partial charge in [0, 0.05) is 0 Å². The minimum atomic E-state index is -8.98. The van der Waals surface area contributed by atoms with Crippen LogP contribution in [0.3, 0.4) is 0 Å². The summed E-state index contributed by atoms with van der Waals surface area (Å²) in [6.07, 6.45) is -21.7. The van der Waals surface area contributed by atoms with E-state index in [4.69, 9.17) is 0 Å². The van der Waals surface area contributed by atoms with Gasteiger partial charge >= 0.3 is 53.7 Å². The molecule has 0 N–H and O–H groups in total. The van der Waals surface area contributed by atoms with Crippen LogP contribution >= 0.6 is 0 Å². The van der Waals surface area contributed by atoms with E-state index < -0.39 is 66.2 Å². The third-order valence-corrected chi connectivity index (χ3v) is 3.59. The lowest BCUT2D eigenvalue weighted by molar-refractivity contribution is -0.472. The third kappa shape index (κ3) is 4.01. The highest BCUT2D eigenvalue weighted by Crippen LogP contribution is 2.64. The van der Waals surface area contributed by atoms with Crippen LogP contribution in [0.5, 0.6) is 0 Å². The lowest BCUT2D eigenvalue weighted by Gasteiger charge is -2.43. The second-order valence-electron chi connectivity index (χ2n) is 5.77. The molecule has 0 rings (SSSR count). The zero-order valence-electron chi connectivity index (χ0n) is 14.3. The smallest absolute Gasteiger partial charge is 0.436 e. The standard InChI is InChI=1S/C12H4F20O/c1-2-33-12(31,32)11(29,30)10(27,28)9(25,26)8(23,24)7(21,22)6(19,20)4(14,15)3(13)5(16,17)18/h2-3H,1H2. The molecule has 0 aliphatic rings. The van der Waals surface area contributed by atoms with E-state index in [9.17, 15) is 87.8 Å². The molecule has 1 nitrogen and oxygen atoms in total. The van der Waals surface area contributed by atoms with Crippen molar-refractivity contribution >= 4 is 0 Å². The summed E-state index contributed by atoms with van der Waals surface area (Å²) < 4.78 is 261. The minimum absolute atomic E-state index is 0.901. The average molecular weight is 544 g/mol. The summed E-state index contributed by atoms with van der Waals surface area (Å²) in [4.78, 5) is 0. The van der Waals surface area contributed by atoms with Crippen LogP contribution in [0.4, 0.5) is 87.8 Å². The van der Waals surface area contributed by atoms with Gasteiger partial charge in [0.1, 0.15) is 0 Å². The fourth-order valence-electron chi connectivity index (χ4n) is 1.72. The first kappa shape index (κ1) is 31.1. The largest absolute Gasteiger partial charge is 0.470 e. The average Bonchev–Trinajstić information content (AvgIpc) is 2.58. The van der Waals surface area contributed by atoms with E-state index in [1.54, 1.807) is 0 Å². The minimum Gasteiger partial charge on any atom is -0.436 e. The zero-order chi connectivity index (χ0) is 27.5. The van der Waals surface area contributed by atoms with Gasteiger partial charge in [-0.2, -0.15) is 83.4 Å². The molecule has 198 valence electrons. The number of alkyl halides is 20. The van der Waals surface area contributed by atoms with Gasteiger partial charge in [-0.15, -0.1) is 0 Å². The van der Waals surface area contributed by atoms with Gasteiger partial charge in [0.05, 0.1) is 6.26 Å². The van der Waals surface area contributed by atoms with Crippen molar-refractivity contribution in [3.63, 3.8) is 0 Å². The SMILES string of the molecule is C=COC(F)(F)C(F)(F)C(F)(F)C(F)(F)C(F)(F)C(F)(F)C(F)(F)C(F)(F)C(F)C(F)(F)F. The lowest BCUT2D eigenvalue weighted by Crippen LogP contribution is -2.75. The van der Waals surface area contributed by atoms with E-state index in [0.717, 1.165) is 0 Å². The molecular weight excluding hydrogens is 540 g/mol. The highest BCUT2D eigenvalue weighted by Gasteiger charge is 2.96. The number of halogens is 20. The van der Waals surface area contributed by atoms with Crippen molar-refractivity contribution in [2.75, 3.05) is 0 Å². The molecule has 0 heterocycles. The van der Waals surface area contributed by atoms with Gasteiger partial charge < -0.3 is 4.74 Å². The molecule has 0 aromatic heterocycles. The van der Waals surface area contributed by atoms with Crippen LogP contribution in [-0.2, 0) is 4.74 Å². The molecule has 21 heteroatoms. The maximum Gasteiger partial charge on any atom is 0.470 e. The Balaban J connectivity index is 6.90. The number of ether oxygens (including phenoxy) is 1. The van der Waals surface area contributed by atoms with Crippen molar-refractivity contribution in [3.8, 4) is 0 Å². The third-order valence-electron chi connectivity index (χ3n) is 3.59. The van der Waals surface area contributed by atoms with Crippen molar-refractivity contribution in [2.45, 2.75) is 59.9 Å². The van der Waals surface area contributed by atoms with E-state index in [0.29, 0.717) is 0 Å². The van der Waals surface area contributed by atoms with Gasteiger partial charge in [-0.3, -0.25) is 0 Å². The summed E-state index contributed by atoms with van der Waals surface area (Å²) >= 11 is 0. The Hall–Kier alpha value is -1.86. The monoisotopic (exact) mass is 544 g/mol. The summed E-state index contributed by atoms with van der Waals surface area (Å²) in [5, 5.41) is 0. The zero-order valence-corrected chi connectivity index (χ0v) is 14.3. The Labute approximate surface area is 166 Å². The molecule has 33 heavy (non-hydrogen) atoms. The number of rotatable bonds is 10. The van der Waals surface area contributed by atoms with Crippen LogP contribution in [0.15, 0.2) is 12.8 Å². The molecule has 1 atom stereocenters. The quantitative estimate of drug-likeness (QED) is 0.211. The Morgan fingerprint density at radius 3 is 1.03 bits per heavy atom. The van der Waals surface area contributed by atoms with Crippen LogP contribution < -0.4 is 0 Å². The number of hydrogen-bond donors (Lipinski definition) is 0. The first-order chi connectivity index (χ1) is 14.0.